The zero-order chi connectivity index (χ0) is 15.6. The van der Waals surface area contributed by atoms with E-state index in [1.165, 1.54) is 12.0 Å². The van der Waals surface area contributed by atoms with Crippen molar-refractivity contribution in [2.24, 2.45) is 0 Å². The van der Waals surface area contributed by atoms with Crippen LogP contribution >= 0.6 is 0 Å². The van der Waals surface area contributed by atoms with Gasteiger partial charge in [-0.25, -0.2) is 0 Å². The van der Waals surface area contributed by atoms with Crippen molar-refractivity contribution in [3.8, 4) is 0 Å². The number of alkyl halides is 5. The van der Waals surface area contributed by atoms with E-state index < -0.39 is 23.9 Å². The molecular formula is C10H13F5N2O3. The Balaban J connectivity index is 2.62. The topological polar surface area (TPSA) is 49.9 Å². The number of nitrogens with zero attached hydrogens (tertiary/aromatic N) is 2. The smallest absolute Gasteiger partial charge is 0.375 e. The Morgan fingerprint density at radius 3 is 1.85 bits per heavy atom. The van der Waals surface area contributed by atoms with Crippen molar-refractivity contribution in [1.82, 2.24) is 9.80 Å². The van der Waals surface area contributed by atoms with Gasteiger partial charge in [0.1, 0.15) is 6.61 Å². The molecule has 0 unspecified atom stereocenters. The summed E-state index contributed by atoms with van der Waals surface area (Å²) in [5.41, 5.74) is 0. The highest BCUT2D eigenvalue weighted by Crippen LogP contribution is 2.37. The highest BCUT2D eigenvalue weighted by atomic mass is 19.4. The summed E-state index contributed by atoms with van der Waals surface area (Å²) in [6.45, 7) is -1.18. The van der Waals surface area contributed by atoms with Gasteiger partial charge in [-0.15, -0.1) is 0 Å². The number of ether oxygens (including phenoxy) is 1. The predicted molar refractivity (Wildman–Crippen MR) is 56.0 cm³/mol. The molecule has 0 spiro atoms. The van der Waals surface area contributed by atoms with Gasteiger partial charge in [-0.05, 0) is 0 Å². The second-order valence-electron chi connectivity index (χ2n) is 4.18. The van der Waals surface area contributed by atoms with E-state index in [2.05, 4.69) is 4.74 Å². The van der Waals surface area contributed by atoms with Crippen LogP contribution in [-0.4, -0.2) is 73.6 Å². The molecule has 0 atom stereocenters. The fourth-order valence-electron chi connectivity index (χ4n) is 1.69. The second-order valence-corrected chi connectivity index (χ2v) is 4.18. The first-order chi connectivity index (χ1) is 9.11. The maximum absolute atomic E-state index is 12.9. The van der Waals surface area contributed by atoms with Gasteiger partial charge in [0.25, 0.3) is 0 Å². The molecule has 1 heterocycles. The Bertz CT molecular complexity index is 378. The predicted octanol–water partition coefficient (Wildman–Crippen LogP) is 0.501. The van der Waals surface area contributed by atoms with Crippen molar-refractivity contribution in [3.05, 3.63) is 0 Å². The third-order valence-corrected chi connectivity index (χ3v) is 2.81. The Labute approximate surface area is 111 Å². The molecule has 1 aliphatic rings. The summed E-state index contributed by atoms with van der Waals surface area (Å²) >= 11 is 0. The molecule has 0 bridgehead atoms. The lowest BCUT2D eigenvalue weighted by Crippen LogP contribution is -2.58. The van der Waals surface area contributed by atoms with Gasteiger partial charge in [-0.1, -0.05) is 0 Å². The highest BCUT2D eigenvalue weighted by Gasteiger charge is 2.64. The van der Waals surface area contributed by atoms with E-state index in [4.69, 9.17) is 0 Å². The summed E-state index contributed by atoms with van der Waals surface area (Å²) in [5, 5.41) is 0. The molecule has 0 aromatic rings. The number of hydrogen-bond donors (Lipinski definition) is 0. The molecule has 2 amide bonds. The van der Waals surface area contributed by atoms with Crippen LogP contribution in [0.25, 0.3) is 0 Å². The number of amides is 2. The summed E-state index contributed by atoms with van der Waals surface area (Å²) in [6.07, 6.45) is -5.92. The van der Waals surface area contributed by atoms with Crippen LogP contribution in [0.1, 0.15) is 0 Å². The van der Waals surface area contributed by atoms with Gasteiger partial charge in [-0.2, -0.15) is 22.0 Å². The Hall–Kier alpha value is -1.45. The minimum Gasteiger partial charge on any atom is -0.375 e. The fraction of sp³-hybridized carbons (Fsp3) is 0.800. The monoisotopic (exact) mass is 304 g/mol. The van der Waals surface area contributed by atoms with E-state index in [0.29, 0.717) is 4.90 Å². The summed E-state index contributed by atoms with van der Waals surface area (Å²) in [5.74, 6) is -8.11. The first-order valence-corrected chi connectivity index (χ1v) is 5.62. The van der Waals surface area contributed by atoms with Crippen LogP contribution in [0.15, 0.2) is 0 Å². The molecule has 1 saturated heterocycles. The first-order valence-electron chi connectivity index (χ1n) is 5.62. The van der Waals surface area contributed by atoms with Crippen LogP contribution in [0.3, 0.4) is 0 Å². The van der Waals surface area contributed by atoms with E-state index in [1.54, 1.807) is 0 Å². The normalized spacial score (nSPS) is 17.3. The van der Waals surface area contributed by atoms with E-state index in [1.807, 2.05) is 0 Å². The zero-order valence-corrected chi connectivity index (χ0v) is 10.5. The van der Waals surface area contributed by atoms with Crippen LogP contribution in [0, 0.1) is 0 Å². The number of piperazine rings is 1. The van der Waals surface area contributed by atoms with Crippen molar-refractivity contribution in [2.45, 2.75) is 12.1 Å². The highest BCUT2D eigenvalue weighted by molar-refractivity contribution is 5.85. The standard InChI is InChI=1S/C10H13F5N2O3/c1-20-6-7(18)16-2-4-17(5-3-16)8(19)9(11,12)10(13,14)15/h2-6H2,1H3. The maximum atomic E-state index is 12.9. The molecule has 10 heteroatoms. The number of halogens is 5. The lowest BCUT2D eigenvalue weighted by atomic mass is 10.2. The molecule has 0 N–H and O–H groups in total. The molecule has 0 saturated carbocycles. The fourth-order valence-corrected chi connectivity index (χ4v) is 1.69. The van der Waals surface area contributed by atoms with Crippen LogP contribution < -0.4 is 0 Å². The van der Waals surface area contributed by atoms with Gasteiger partial charge < -0.3 is 14.5 Å². The van der Waals surface area contributed by atoms with E-state index in [9.17, 15) is 31.5 Å². The lowest BCUT2D eigenvalue weighted by Gasteiger charge is -2.36. The molecule has 0 radical (unpaired) electrons. The third kappa shape index (κ3) is 3.35. The van der Waals surface area contributed by atoms with Gasteiger partial charge in [0.15, 0.2) is 0 Å². The Morgan fingerprint density at radius 1 is 1.00 bits per heavy atom. The largest absolute Gasteiger partial charge is 0.463 e. The molecule has 1 rings (SSSR count). The molecule has 20 heavy (non-hydrogen) atoms. The summed E-state index contributed by atoms with van der Waals surface area (Å²) in [7, 11) is 1.29. The molecule has 0 aromatic carbocycles. The lowest BCUT2D eigenvalue weighted by molar-refractivity contribution is -0.274. The van der Waals surface area contributed by atoms with Crippen molar-refractivity contribution < 1.29 is 36.3 Å². The van der Waals surface area contributed by atoms with Crippen LogP contribution in [0.2, 0.25) is 0 Å². The average molecular weight is 304 g/mol. The van der Waals surface area contributed by atoms with Gasteiger partial charge >= 0.3 is 18.0 Å². The van der Waals surface area contributed by atoms with Crippen molar-refractivity contribution >= 4 is 11.8 Å². The Kier molecular flexibility index (Phi) is 4.90. The molecule has 5 nitrogen and oxygen atoms in total. The van der Waals surface area contributed by atoms with Gasteiger partial charge in [0.2, 0.25) is 5.91 Å². The average Bonchev–Trinajstić information content (AvgIpc) is 2.37. The number of rotatable bonds is 3. The number of carbonyl (C=O) groups is 2. The Morgan fingerprint density at radius 2 is 1.45 bits per heavy atom. The van der Waals surface area contributed by atoms with E-state index in [-0.39, 0.29) is 32.8 Å². The number of methoxy groups -OCH3 is 1. The minimum absolute atomic E-state index is 0.109. The van der Waals surface area contributed by atoms with Crippen LogP contribution in [0.4, 0.5) is 22.0 Å². The minimum atomic E-state index is -5.92. The van der Waals surface area contributed by atoms with Gasteiger partial charge in [-0.3, -0.25) is 9.59 Å². The van der Waals surface area contributed by atoms with Crippen LogP contribution in [0.5, 0.6) is 0 Å². The quantitative estimate of drug-likeness (QED) is 0.714. The third-order valence-electron chi connectivity index (χ3n) is 2.81. The van der Waals surface area contributed by atoms with Crippen molar-refractivity contribution in [3.63, 3.8) is 0 Å². The molecule has 0 aliphatic carbocycles. The van der Waals surface area contributed by atoms with Gasteiger partial charge in [0.05, 0.1) is 0 Å². The summed E-state index contributed by atoms with van der Waals surface area (Å²) < 4.78 is 66.5. The van der Waals surface area contributed by atoms with E-state index >= 15 is 0 Å². The van der Waals surface area contributed by atoms with Crippen molar-refractivity contribution in [1.29, 1.82) is 0 Å². The zero-order valence-electron chi connectivity index (χ0n) is 10.5. The molecular weight excluding hydrogens is 291 g/mol. The van der Waals surface area contributed by atoms with E-state index in [0.717, 1.165) is 0 Å². The molecule has 116 valence electrons. The summed E-state index contributed by atoms with van der Waals surface area (Å²) in [6, 6.07) is 0. The number of carbonyl (C=O) groups excluding carboxylic acids is 2. The van der Waals surface area contributed by atoms with Gasteiger partial charge in [0, 0.05) is 33.3 Å². The maximum Gasteiger partial charge on any atom is 0.463 e. The summed E-state index contributed by atoms with van der Waals surface area (Å²) in [4.78, 5) is 24.2. The number of hydrogen-bond acceptors (Lipinski definition) is 3. The second kappa shape index (κ2) is 5.90. The molecule has 1 aliphatic heterocycles. The SMILES string of the molecule is COCC(=O)N1CCN(C(=O)C(F)(F)C(F)(F)F)CC1. The first kappa shape index (κ1) is 16.6. The van der Waals surface area contributed by atoms with Crippen LogP contribution in [-0.2, 0) is 14.3 Å². The molecule has 1 fully saturated rings. The van der Waals surface area contributed by atoms with Crippen molar-refractivity contribution in [2.75, 3.05) is 39.9 Å². The molecule has 0 aromatic heterocycles.